The van der Waals surface area contributed by atoms with E-state index in [0.717, 1.165) is 75.5 Å². The summed E-state index contributed by atoms with van der Waals surface area (Å²) in [5.74, 6) is 0.0256. The number of aromatic amines is 1. The van der Waals surface area contributed by atoms with Crippen LogP contribution in [-0.2, 0) is 11.3 Å². The third kappa shape index (κ3) is 6.26. The Balaban J connectivity index is 1.11. The van der Waals surface area contributed by atoms with Crippen molar-refractivity contribution in [2.24, 2.45) is 0 Å². The first-order valence-corrected chi connectivity index (χ1v) is 14.5. The van der Waals surface area contributed by atoms with Crippen LogP contribution in [0.3, 0.4) is 0 Å². The van der Waals surface area contributed by atoms with Gasteiger partial charge in [-0.15, -0.1) is 0 Å². The molecular weight excluding hydrogens is 508 g/mol. The van der Waals surface area contributed by atoms with Crippen LogP contribution in [0, 0.1) is 0 Å². The number of nitrogens with zero attached hydrogens (tertiary/aromatic N) is 5. The molecule has 41 heavy (non-hydrogen) atoms. The van der Waals surface area contributed by atoms with Crippen LogP contribution in [0.5, 0.6) is 0 Å². The number of carbonyl (C=O) groups excluding carboxylic acids is 1. The van der Waals surface area contributed by atoms with Crippen LogP contribution >= 0.6 is 0 Å². The molecular formula is C34H38N6O. The molecule has 0 saturated carbocycles. The molecule has 2 fully saturated rings. The van der Waals surface area contributed by atoms with Gasteiger partial charge in [-0.1, -0.05) is 55.1 Å². The van der Waals surface area contributed by atoms with Gasteiger partial charge in [-0.3, -0.25) is 14.8 Å². The van der Waals surface area contributed by atoms with Gasteiger partial charge in [0.2, 0.25) is 5.91 Å². The quantitative estimate of drug-likeness (QED) is 0.331. The summed E-state index contributed by atoms with van der Waals surface area (Å²) >= 11 is 0. The normalized spacial score (nSPS) is 17.0. The van der Waals surface area contributed by atoms with Gasteiger partial charge in [0.25, 0.3) is 0 Å². The molecule has 4 aromatic rings. The molecule has 7 heteroatoms. The van der Waals surface area contributed by atoms with Crippen molar-refractivity contribution in [3.05, 3.63) is 96.2 Å². The molecule has 2 aliphatic heterocycles. The molecule has 0 radical (unpaired) electrons. The molecule has 0 unspecified atom stereocenters. The van der Waals surface area contributed by atoms with Crippen molar-refractivity contribution in [3.8, 4) is 11.1 Å². The maximum absolute atomic E-state index is 11.8. The third-order valence-corrected chi connectivity index (χ3v) is 8.34. The zero-order valence-corrected chi connectivity index (χ0v) is 23.8. The Hall–Kier alpha value is -4.20. The number of aromatic nitrogens is 2. The van der Waals surface area contributed by atoms with E-state index in [-0.39, 0.29) is 5.91 Å². The number of anilines is 1. The van der Waals surface area contributed by atoms with Crippen molar-refractivity contribution < 1.29 is 4.79 Å². The highest BCUT2D eigenvalue weighted by atomic mass is 16.2. The fourth-order valence-corrected chi connectivity index (χ4v) is 5.69. The van der Waals surface area contributed by atoms with E-state index >= 15 is 0 Å². The second-order valence-electron chi connectivity index (χ2n) is 11.1. The number of piperazine rings is 2. The van der Waals surface area contributed by atoms with Gasteiger partial charge in [0.1, 0.15) is 0 Å². The summed E-state index contributed by atoms with van der Waals surface area (Å²) in [6.07, 6.45) is 5.64. The number of H-pyrrole nitrogens is 1. The first-order valence-electron chi connectivity index (χ1n) is 14.5. The molecule has 6 rings (SSSR count). The van der Waals surface area contributed by atoms with Crippen LogP contribution in [0.2, 0.25) is 0 Å². The van der Waals surface area contributed by atoms with E-state index in [4.69, 9.17) is 0 Å². The van der Waals surface area contributed by atoms with Gasteiger partial charge in [-0.05, 0) is 65.7 Å². The average Bonchev–Trinajstić information content (AvgIpc) is 3.43. The lowest BCUT2D eigenvalue weighted by atomic mass is 10.0. The minimum atomic E-state index is 0.0256. The lowest BCUT2D eigenvalue weighted by molar-refractivity contribution is -0.127. The van der Waals surface area contributed by atoms with Gasteiger partial charge in [0.05, 0.1) is 11.2 Å². The molecule has 2 aliphatic rings. The van der Waals surface area contributed by atoms with Gasteiger partial charge in [-0.2, -0.15) is 5.10 Å². The molecule has 0 bridgehead atoms. The Morgan fingerprint density at radius 3 is 2.27 bits per heavy atom. The molecule has 3 aromatic carbocycles. The maximum Gasteiger partial charge on any atom is 0.246 e. The van der Waals surface area contributed by atoms with Gasteiger partial charge in [0, 0.05) is 70.0 Å². The summed E-state index contributed by atoms with van der Waals surface area (Å²) in [7, 11) is 2.19. The molecule has 1 aromatic heterocycles. The number of carbonyl (C=O) groups is 1. The smallest absolute Gasteiger partial charge is 0.246 e. The number of rotatable bonds is 7. The van der Waals surface area contributed by atoms with Crippen LogP contribution in [0.25, 0.3) is 34.2 Å². The highest BCUT2D eigenvalue weighted by molar-refractivity contribution is 5.92. The molecule has 7 nitrogen and oxygen atoms in total. The van der Waals surface area contributed by atoms with E-state index in [2.05, 4.69) is 117 Å². The van der Waals surface area contributed by atoms with Crippen LogP contribution < -0.4 is 4.90 Å². The second kappa shape index (κ2) is 12.1. The molecule has 210 valence electrons. The van der Waals surface area contributed by atoms with E-state index < -0.39 is 0 Å². The summed E-state index contributed by atoms with van der Waals surface area (Å²) in [5, 5.41) is 8.88. The molecule has 1 N–H and O–H groups in total. The highest BCUT2D eigenvalue weighted by Gasteiger charge is 2.19. The first kappa shape index (κ1) is 27.0. The molecule has 0 aliphatic carbocycles. The number of amides is 1. The SMILES string of the molecule is C=CC(=O)N1CCN(Cc2ccc(-c3ccc4[nH]nc(/C=C/c5ccc(N6CCN(C)CC6)cc5)c4c3)cc2)CC1. The Kier molecular flexibility index (Phi) is 7.98. The average molecular weight is 547 g/mol. The zero-order valence-electron chi connectivity index (χ0n) is 23.8. The number of hydrogen-bond donors (Lipinski definition) is 1. The molecule has 2 saturated heterocycles. The highest BCUT2D eigenvalue weighted by Crippen LogP contribution is 2.27. The predicted octanol–water partition coefficient (Wildman–Crippen LogP) is 4.98. The molecule has 0 spiro atoms. The molecule has 1 amide bonds. The van der Waals surface area contributed by atoms with Crippen molar-refractivity contribution in [1.29, 1.82) is 0 Å². The van der Waals surface area contributed by atoms with Crippen LogP contribution in [-0.4, -0.2) is 90.2 Å². The largest absolute Gasteiger partial charge is 0.369 e. The zero-order chi connectivity index (χ0) is 28.2. The number of nitrogens with one attached hydrogen (secondary N) is 1. The van der Waals surface area contributed by atoms with Gasteiger partial charge in [-0.25, -0.2) is 0 Å². The standard InChI is InChI=1S/C34H38N6O/c1-3-34(41)40-22-18-38(19-23-40)25-27-4-9-28(10-5-27)29-11-15-33-31(24-29)32(35-36-33)14-8-26-6-12-30(13-7-26)39-20-16-37(2)17-21-39/h3-15,24H,1,16-23,25H2,2H3,(H,35,36)/b14-8+. The maximum atomic E-state index is 11.8. The van der Waals surface area contributed by atoms with E-state index in [1.807, 2.05) is 4.90 Å². The van der Waals surface area contributed by atoms with Crippen molar-refractivity contribution >= 4 is 34.6 Å². The number of benzene rings is 3. The first-order chi connectivity index (χ1) is 20.1. The van der Waals surface area contributed by atoms with Gasteiger partial charge in [0.15, 0.2) is 0 Å². The Labute approximate surface area is 242 Å². The minimum Gasteiger partial charge on any atom is -0.369 e. The Morgan fingerprint density at radius 1 is 0.854 bits per heavy atom. The third-order valence-electron chi connectivity index (χ3n) is 8.34. The van der Waals surface area contributed by atoms with Crippen LogP contribution in [0.4, 0.5) is 5.69 Å². The van der Waals surface area contributed by atoms with Gasteiger partial charge >= 0.3 is 0 Å². The summed E-state index contributed by atoms with van der Waals surface area (Å²) in [5.41, 5.74) is 8.07. The molecule has 0 atom stereocenters. The van der Waals surface area contributed by atoms with Crippen LogP contribution in [0.1, 0.15) is 16.8 Å². The summed E-state index contributed by atoms with van der Waals surface area (Å²) in [4.78, 5) is 20.9. The van der Waals surface area contributed by atoms with E-state index in [1.165, 1.54) is 34.0 Å². The van der Waals surface area contributed by atoms with E-state index in [1.54, 1.807) is 0 Å². The lowest BCUT2D eigenvalue weighted by Gasteiger charge is -2.34. The molecule has 3 heterocycles. The number of fused-ring (bicyclic) bond motifs is 1. The van der Waals surface area contributed by atoms with E-state index in [0.29, 0.717) is 0 Å². The fraction of sp³-hybridized carbons (Fsp3) is 0.294. The van der Waals surface area contributed by atoms with Crippen molar-refractivity contribution in [1.82, 2.24) is 24.9 Å². The lowest BCUT2D eigenvalue weighted by Crippen LogP contribution is -2.47. The van der Waals surface area contributed by atoms with Crippen LogP contribution in [0.15, 0.2) is 79.4 Å². The predicted molar refractivity (Wildman–Crippen MR) is 169 cm³/mol. The Bertz CT molecular complexity index is 1520. The number of hydrogen-bond acceptors (Lipinski definition) is 5. The topological polar surface area (TPSA) is 58.7 Å². The number of likely N-dealkylation sites (N-methyl/N-ethyl adjacent to an activating group) is 1. The minimum absolute atomic E-state index is 0.0256. The monoisotopic (exact) mass is 546 g/mol. The van der Waals surface area contributed by atoms with Crippen molar-refractivity contribution in [3.63, 3.8) is 0 Å². The fourth-order valence-electron chi connectivity index (χ4n) is 5.69. The van der Waals surface area contributed by atoms with Crippen molar-refractivity contribution in [2.75, 3.05) is 64.3 Å². The van der Waals surface area contributed by atoms with Crippen molar-refractivity contribution in [2.45, 2.75) is 6.54 Å². The summed E-state index contributed by atoms with van der Waals surface area (Å²) in [6, 6.07) is 24.1. The van der Waals surface area contributed by atoms with E-state index in [9.17, 15) is 4.79 Å². The summed E-state index contributed by atoms with van der Waals surface area (Å²) < 4.78 is 0. The summed E-state index contributed by atoms with van der Waals surface area (Å²) in [6.45, 7) is 12.1. The van der Waals surface area contributed by atoms with Gasteiger partial charge < -0.3 is 14.7 Å². The Morgan fingerprint density at radius 2 is 1.56 bits per heavy atom. The second-order valence-corrected chi connectivity index (χ2v) is 11.1.